The number of rotatable bonds is 6. The van der Waals surface area contributed by atoms with Crippen molar-refractivity contribution in [3.8, 4) is 0 Å². The molecule has 1 aromatic heterocycles. The van der Waals surface area contributed by atoms with E-state index >= 15 is 0 Å². The maximum atomic E-state index is 12.0. The van der Waals surface area contributed by atoms with Gasteiger partial charge in [0.15, 0.2) is 6.23 Å². The van der Waals surface area contributed by atoms with Gasteiger partial charge >= 0.3 is 13.3 Å². The normalized spacial score (nSPS) is 27.4. The van der Waals surface area contributed by atoms with E-state index < -0.39 is 43.4 Å². The van der Waals surface area contributed by atoms with Crippen LogP contribution in [0.15, 0.2) is 33.7 Å². The molecule has 1 aliphatic rings. The molecule has 2 heterocycles. The highest BCUT2D eigenvalue weighted by Crippen LogP contribution is 2.39. The fourth-order valence-electron chi connectivity index (χ4n) is 2.59. The van der Waals surface area contributed by atoms with Crippen molar-refractivity contribution in [1.29, 1.82) is 0 Å². The van der Waals surface area contributed by atoms with Crippen molar-refractivity contribution in [2.24, 2.45) is 0 Å². The van der Waals surface area contributed by atoms with Crippen LogP contribution in [0.3, 0.4) is 0 Å². The summed E-state index contributed by atoms with van der Waals surface area (Å²) < 4.78 is 29.1. The van der Waals surface area contributed by atoms with E-state index in [4.69, 9.17) is 24.0 Å². The van der Waals surface area contributed by atoms with Crippen LogP contribution in [-0.4, -0.2) is 50.9 Å². The lowest BCUT2D eigenvalue weighted by Gasteiger charge is -2.24. The molecule has 0 spiro atoms. The third kappa shape index (κ3) is 4.97. The minimum atomic E-state index is -4.39. The summed E-state index contributed by atoms with van der Waals surface area (Å²) in [6.45, 7) is 3.58. The molecule has 1 fully saturated rings. The van der Waals surface area contributed by atoms with Crippen molar-refractivity contribution in [3.05, 3.63) is 45.0 Å². The molecule has 4 atom stereocenters. The van der Waals surface area contributed by atoms with Crippen LogP contribution in [0.25, 0.3) is 0 Å². The maximum absolute atomic E-state index is 12.0. The summed E-state index contributed by atoms with van der Waals surface area (Å²) in [6, 6.07) is 1.16. The van der Waals surface area contributed by atoms with Gasteiger partial charge in [0, 0.05) is 25.2 Å². The number of nitrogens with one attached hydrogen (secondary N) is 1. The molecule has 0 bridgehead atoms. The number of hydrogen-bond donors (Lipinski definition) is 3. The molecule has 1 aliphatic heterocycles. The Morgan fingerprint density at radius 3 is 2.56 bits per heavy atom. The Morgan fingerprint density at radius 1 is 1.36 bits per heavy atom. The second kappa shape index (κ2) is 7.77. The van der Waals surface area contributed by atoms with Gasteiger partial charge in [-0.25, -0.2) is 4.79 Å². The summed E-state index contributed by atoms with van der Waals surface area (Å²) in [5.74, 6) is 0.721. The molecule has 2 rings (SSSR count). The van der Waals surface area contributed by atoms with Gasteiger partial charge in [-0.15, -0.1) is 0 Å². The molecule has 0 unspecified atom stereocenters. The van der Waals surface area contributed by atoms with Gasteiger partial charge < -0.3 is 24.0 Å². The molecule has 1 aromatic rings. The van der Waals surface area contributed by atoms with E-state index in [2.05, 4.69) is 4.98 Å². The summed E-state index contributed by atoms with van der Waals surface area (Å²) in [6.07, 6.45) is -1.01. The van der Waals surface area contributed by atoms with Gasteiger partial charge in [-0.05, 0) is 19.9 Å². The summed E-state index contributed by atoms with van der Waals surface area (Å²) in [7, 11) is -2.98. The molecule has 3 N–H and O–H groups in total. The third-order valence-electron chi connectivity index (χ3n) is 3.52. The van der Waals surface area contributed by atoms with Crippen LogP contribution in [-0.2, 0) is 18.8 Å². The van der Waals surface area contributed by atoms with Gasteiger partial charge in [0.05, 0.1) is 6.10 Å². The Morgan fingerprint density at radius 2 is 2.04 bits per heavy atom. The average Bonchev–Trinajstić information content (AvgIpc) is 2.81. The Balaban J connectivity index is 2.41. The average molecular weight is 376 g/mol. The first-order chi connectivity index (χ1) is 11.6. The van der Waals surface area contributed by atoms with Crippen molar-refractivity contribution < 1.29 is 28.6 Å². The summed E-state index contributed by atoms with van der Waals surface area (Å²) in [5.41, 5.74) is -1.25. The first-order valence-corrected chi connectivity index (χ1v) is 9.20. The molecule has 25 heavy (non-hydrogen) atoms. The highest BCUT2D eigenvalue weighted by molar-refractivity contribution is 7.55. The maximum Gasteiger partial charge on any atom is 0.348 e. The van der Waals surface area contributed by atoms with Crippen LogP contribution in [0.1, 0.15) is 20.1 Å². The van der Waals surface area contributed by atoms with E-state index in [1.807, 2.05) is 0 Å². The van der Waals surface area contributed by atoms with E-state index in [0.717, 1.165) is 16.5 Å². The smallest absolute Gasteiger partial charge is 0.348 e. The van der Waals surface area contributed by atoms with Gasteiger partial charge in [0.2, 0.25) is 0 Å². The zero-order valence-electron chi connectivity index (χ0n) is 13.9. The number of ether oxygens (including phenoxy) is 3. The summed E-state index contributed by atoms with van der Waals surface area (Å²) >= 11 is 0. The Bertz CT molecular complexity index is 780. The molecule has 1 saturated heterocycles. The molecular weight excluding hydrogens is 355 g/mol. The largest absolute Gasteiger partial charge is 0.374 e. The van der Waals surface area contributed by atoms with E-state index in [-0.39, 0.29) is 6.10 Å². The lowest BCUT2D eigenvalue weighted by Crippen LogP contribution is -2.40. The van der Waals surface area contributed by atoms with Crippen LogP contribution in [0, 0.1) is 0 Å². The SMILES string of the molecule is CO[C@@H]1[C@H](OC(C)C)[C@@H](/C=C/P(=O)(O)O)O[C@H]1n1ccc(=O)[nH]c1=O. The van der Waals surface area contributed by atoms with E-state index in [9.17, 15) is 14.2 Å². The fraction of sp³-hybridized carbons (Fsp3) is 0.571. The van der Waals surface area contributed by atoms with Gasteiger partial charge in [0.1, 0.15) is 18.3 Å². The minimum Gasteiger partial charge on any atom is -0.374 e. The predicted molar refractivity (Wildman–Crippen MR) is 87.2 cm³/mol. The van der Waals surface area contributed by atoms with Crippen molar-refractivity contribution >= 4 is 7.60 Å². The highest BCUT2D eigenvalue weighted by atomic mass is 31.2. The second-order valence-electron chi connectivity index (χ2n) is 5.79. The number of aromatic amines is 1. The molecule has 0 aliphatic carbocycles. The summed E-state index contributed by atoms with van der Waals surface area (Å²) in [4.78, 5) is 43.4. The second-order valence-corrected chi connectivity index (χ2v) is 7.27. The molecule has 0 amide bonds. The molecule has 0 aromatic carbocycles. The molecule has 11 heteroatoms. The van der Waals surface area contributed by atoms with Crippen LogP contribution in [0.2, 0.25) is 0 Å². The summed E-state index contributed by atoms with van der Waals surface area (Å²) in [5, 5.41) is 0. The molecular formula is C14H21N2O8P. The standard InChI is InChI=1S/C14H21N2O8P/c1-8(2)23-11-9(5-7-25(19,20)21)24-13(12(11)22-3)16-6-4-10(17)15-14(16)18/h4-9,11-13H,1-3H3,(H,15,17,18)(H2,19,20,21)/b7-5+/t9-,11-,12-,13-/m1/s1. The Labute approximate surface area is 143 Å². The van der Waals surface area contributed by atoms with Gasteiger partial charge in [-0.1, -0.05) is 0 Å². The lowest BCUT2D eigenvalue weighted by molar-refractivity contribution is -0.0768. The zero-order chi connectivity index (χ0) is 18.8. The van der Waals surface area contributed by atoms with Gasteiger partial charge in [-0.2, -0.15) is 0 Å². The third-order valence-corrected chi connectivity index (χ3v) is 4.08. The first kappa shape index (κ1) is 19.8. The molecule has 0 saturated carbocycles. The van der Waals surface area contributed by atoms with Crippen LogP contribution < -0.4 is 11.2 Å². The van der Waals surface area contributed by atoms with Crippen molar-refractivity contribution in [2.75, 3.05) is 7.11 Å². The number of methoxy groups -OCH3 is 1. The number of H-pyrrole nitrogens is 1. The topological polar surface area (TPSA) is 140 Å². The minimum absolute atomic E-state index is 0.219. The van der Waals surface area contributed by atoms with Crippen LogP contribution in [0.4, 0.5) is 0 Å². The van der Waals surface area contributed by atoms with Crippen LogP contribution >= 0.6 is 7.60 Å². The first-order valence-electron chi connectivity index (χ1n) is 7.52. The van der Waals surface area contributed by atoms with Crippen molar-refractivity contribution in [1.82, 2.24) is 9.55 Å². The van der Waals surface area contributed by atoms with Gasteiger partial charge in [0.25, 0.3) is 5.56 Å². The van der Waals surface area contributed by atoms with Crippen molar-refractivity contribution in [2.45, 2.75) is 44.5 Å². The Hall–Kier alpha value is -1.55. The predicted octanol–water partition coefficient (Wildman–Crippen LogP) is -0.0660. The van der Waals surface area contributed by atoms with Gasteiger partial charge in [-0.3, -0.25) is 18.9 Å². The lowest BCUT2D eigenvalue weighted by atomic mass is 10.1. The Kier molecular flexibility index (Phi) is 6.15. The number of aromatic nitrogens is 2. The molecule has 0 radical (unpaired) electrons. The van der Waals surface area contributed by atoms with E-state index in [0.29, 0.717) is 0 Å². The monoisotopic (exact) mass is 376 g/mol. The van der Waals surface area contributed by atoms with Crippen LogP contribution in [0.5, 0.6) is 0 Å². The van der Waals surface area contributed by atoms with Crippen molar-refractivity contribution in [3.63, 3.8) is 0 Å². The van der Waals surface area contributed by atoms with E-state index in [1.165, 1.54) is 19.4 Å². The quantitative estimate of drug-likeness (QED) is 0.586. The van der Waals surface area contributed by atoms with E-state index in [1.54, 1.807) is 13.8 Å². The zero-order valence-corrected chi connectivity index (χ0v) is 14.8. The molecule has 10 nitrogen and oxygen atoms in total. The number of hydrogen-bond acceptors (Lipinski definition) is 6. The molecule has 140 valence electrons. The highest BCUT2D eigenvalue weighted by Gasteiger charge is 2.46. The fourth-order valence-corrected chi connectivity index (χ4v) is 2.98. The number of nitrogens with zero attached hydrogens (tertiary/aromatic N) is 1.